The Morgan fingerprint density at radius 3 is 1.73 bits per heavy atom. The number of aliphatic carboxylic acids is 1. The van der Waals surface area contributed by atoms with Crippen LogP contribution < -0.4 is 38.5 Å². The third-order valence-corrected chi connectivity index (χ3v) is 10.0. The number of Topliss-reactive ketones (excluding diaryl/α,β-unsaturated/α-hetero) is 3. The van der Waals surface area contributed by atoms with Gasteiger partial charge in [0.1, 0.15) is 12.1 Å². The van der Waals surface area contributed by atoms with Crippen LogP contribution in [-0.4, -0.2) is 141 Å². The number of nitrogens with two attached hydrogens (primary N) is 3. The second-order valence-corrected chi connectivity index (χ2v) is 15.6. The van der Waals surface area contributed by atoms with E-state index in [0.717, 1.165) is 0 Å². The SMILES string of the molecule is CC[C@H](C)[C@H](NC(=O)[C@@H](CCCN=C(N)N)CC(=O)[C@@H](NC(=O)C(N)[C@H](O)C(C)C)C(C)C)C(=O)C[C@H](C(=O)NCC(=O)C[C@@H](CO)C(=O)N[C@@H](CO)C(=O)O)[C@H](C)O. The molecule has 0 aromatic heterocycles. The van der Waals surface area contributed by atoms with Gasteiger partial charge < -0.3 is 64.0 Å². The average molecular weight is 845 g/mol. The number of amides is 4. The first-order chi connectivity index (χ1) is 27.4. The van der Waals surface area contributed by atoms with Crippen LogP contribution in [0.4, 0.5) is 0 Å². The molecule has 1 unspecified atom stereocenters. The fraction of sp³-hybridized carbons (Fsp3) is 0.763. The zero-order valence-electron chi connectivity index (χ0n) is 35.2. The van der Waals surface area contributed by atoms with Gasteiger partial charge in [0.25, 0.3) is 0 Å². The third-order valence-electron chi connectivity index (χ3n) is 10.0. The molecule has 0 aromatic rings. The van der Waals surface area contributed by atoms with Gasteiger partial charge in [-0.05, 0) is 37.5 Å². The van der Waals surface area contributed by atoms with E-state index in [4.69, 9.17) is 27.4 Å². The van der Waals surface area contributed by atoms with Crippen LogP contribution in [0.3, 0.4) is 0 Å². The van der Waals surface area contributed by atoms with E-state index < -0.39 is 146 Å². The van der Waals surface area contributed by atoms with Crippen molar-refractivity contribution in [2.45, 2.75) is 123 Å². The molecule has 0 radical (unpaired) electrons. The molecule has 0 saturated carbocycles. The van der Waals surface area contributed by atoms with Gasteiger partial charge in [-0.15, -0.1) is 0 Å². The Bertz CT molecular complexity index is 1450. The fourth-order valence-corrected chi connectivity index (χ4v) is 5.93. The Morgan fingerprint density at radius 2 is 1.25 bits per heavy atom. The van der Waals surface area contributed by atoms with Crippen molar-refractivity contribution >= 4 is 52.9 Å². The van der Waals surface area contributed by atoms with E-state index in [2.05, 4.69) is 20.9 Å². The molecule has 15 N–H and O–H groups in total. The zero-order valence-corrected chi connectivity index (χ0v) is 35.2. The second-order valence-electron chi connectivity index (χ2n) is 15.6. The van der Waals surface area contributed by atoms with E-state index in [-0.39, 0.29) is 37.7 Å². The number of carboxylic acids is 1. The minimum absolute atomic E-state index is 0.0905. The number of aliphatic imine (C=N–C) groups is 1. The molecule has 0 aromatic carbocycles. The van der Waals surface area contributed by atoms with E-state index in [1.54, 1.807) is 41.5 Å². The van der Waals surface area contributed by atoms with Crippen molar-refractivity contribution in [3.05, 3.63) is 0 Å². The van der Waals surface area contributed by atoms with Gasteiger partial charge in [0.15, 0.2) is 23.3 Å². The molecule has 0 saturated heterocycles. The van der Waals surface area contributed by atoms with Gasteiger partial charge >= 0.3 is 5.97 Å². The molecule has 21 nitrogen and oxygen atoms in total. The number of guanidine groups is 1. The smallest absolute Gasteiger partial charge is 0.328 e. The van der Waals surface area contributed by atoms with Crippen molar-refractivity contribution in [2.75, 3.05) is 26.3 Å². The number of carbonyl (C=O) groups is 8. The van der Waals surface area contributed by atoms with Crippen LogP contribution in [0.2, 0.25) is 0 Å². The van der Waals surface area contributed by atoms with Crippen molar-refractivity contribution in [3.8, 4) is 0 Å². The lowest BCUT2D eigenvalue weighted by molar-refractivity contribution is -0.144. The number of carbonyl (C=O) groups excluding carboxylic acids is 7. The highest BCUT2D eigenvalue weighted by molar-refractivity contribution is 5.97. The van der Waals surface area contributed by atoms with Gasteiger partial charge in [0, 0.05) is 31.7 Å². The lowest BCUT2D eigenvalue weighted by atomic mass is 9.86. The molecule has 4 amide bonds. The zero-order chi connectivity index (χ0) is 45.7. The van der Waals surface area contributed by atoms with E-state index in [0.29, 0.717) is 6.42 Å². The van der Waals surface area contributed by atoms with Crippen LogP contribution in [0.25, 0.3) is 0 Å². The van der Waals surface area contributed by atoms with Crippen molar-refractivity contribution in [2.24, 2.45) is 57.7 Å². The van der Waals surface area contributed by atoms with Crippen LogP contribution in [0.15, 0.2) is 4.99 Å². The topological polar surface area (TPSA) is 376 Å². The number of rotatable bonds is 30. The first-order valence-corrected chi connectivity index (χ1v) is 19.8. The molecular weight excluding hydrogens is 776 g/mol. The number of hydrogen-bond acceptors (Lipinski definition) is 14. The number of aliphatic hydroxyl groups excluding tert-OH is 4. The van der Waals surface area contributed by atoms with Gasteiger partial charge in [-0.1, -0.05) is 48.0 Å². The van der Waals surface area contributed by atoms with Crippen LogP contribution in [0.1, 0.15) is 87.0 Å². The quantitative estimate of drug-likeness (QED) is 0.0193. The summed E-state index contributed by atoms with van der Waals surface area (Å²) >= 11 is 0. The van der Waals surface area contributed by atoms with Crippen LogP contribution >= 0.6 is 0 Å². The summed E-state index contributed by atoms with van der Waals surface area (Å²) in [4.78, 5) is 108. The number of aliphatic hydroxyl groups is 4. The van der Waals surface area contributed by atoms with Gasteiger partial charge in [0.2, 0.25) is 23.6 Å². The molecular formula is C38H68N8O13. The van der Waals surface area contributed by atoms with E-state index >= 15 is 0 Å². The second kappa shape index (κ2) is 27.2. The Morgan fingerprint density at radius 1 is 0.695 bits per heavy atom. The summed E-state index contributed by atoms with van der Waals surface area (Å²) in [6.45, 7) is 9.09. The molecule has 338 valence electrons. The van der Waals surface area contributed by atoms with Crippen molar-refractivity contribution in [3.63, 3.8) is 0 Å². The molecule has 0 aliphatic rings. The molecule has 0 rings (SSSR count). The van der Waals surface area contributed by atoms with Crippen molar-refractivity contribution < 1.29 is 63.9 Å². The van der Waals surface area contributed by atoms with Crippen LogP contribution in [0, 0.1) is 35.5 Å². The molecule has 59 heavy (non-hydrogen) atoms. The number of ketones is 3. The summed E-state index contributed by atoms with van der Waals surface area (Å²) in [5.74, 6) is -12.1. The van der Waals surface area contributed by atoms with E-state index in [1.165, 1.54) is 6.92 Å². The largest absolute Gasteiger partial charge is 0.480 e. The van der Waals surface area contributed by atoms with Gasteiger partial charge in [-0.25, -0.2) is 4.79 Å². The Labute approximate surface area is 345 Å². The molecule has 0 fully saturated rings. The first kappa shape index (κ1) is 54.4. The maximum absolute atomic E-state index is 13.9. The monoisotopic (exact) mass is 844 g/mol. The number of nitrogens with zero attached hydrogens (tertiary/aromatic N) is 1. The molecule has 0 spiro atoms. The third kappa shape index (κ3) is 19.4. The minimum Gasteiger partial charge on any atom is -0.480 e. The highest BCUT2D eigenvalue weighted by atomic mass is 16.4. The van der Waals surface area contributed by atoms with Crippen molar-refractivity contribution in [1.29, 1.82) is 0 Å². The molecule has 10 atom stereocenters. The predicted molar refractivity (Wildman–Crippen MR) is 215 cm³/mol. The van der Waals surface area contributed by atoms with Crippen LogP contribution in [0.5, 0.6) is 0 Å². The van der Waals surface area contributed by atoms with E-state index in [9.17, 15) is 53.7 Å². The highest BCUT2D eigenvalue weighted by Crippen LogP contribution is 2.21. The minimum atomic E-state index is -1.67. The van der Waals surface area contributed by atoms with Gasteiger partial charge in [-0.2, -0.15) is 0 Å². The standard InChI is InChI=1S/C38H68N8O13/c1-8-20(6)31(28(52)14-25(21(7)49)35(56)43-15-24(50)12-23(16-47)34(55)44-26(17-48)37(58)59)46-33(54)22(10-9-11-42-38(40)41)13-27(51)30(18(2)3)45-36(57)29(39)32(53)19(4)5/h18-23,25-26,29-32,47-49,53H,8-17,39H2,1-7H3,(H,43,56)(H,44,55)(H,45,57)(H,46,54)(H,58,59)(H4,40,41,42)/t20-,21-,22-,23-,25-,26-,29?,30-,31-,32+/m0/s1. The number of carboxylic acid groups (broad SMARTS) is 1. The number of hydrogen-bond donors (Lipinski definition) is 12. The molecule has 0 aliphatic carbocycles. The summed E-state index contributed by atoms with van der Waals surface area (Å²) in [5, 5.41) is 58.2. The predicted octanol–water partition coefficient (Wildman–Crippen LogP) is -3.17. The van der Waals surface area contributed by atoms with E-state index in [1.807, 2.05) is 5.32 Å². The van der Waals surface area contributed by atoms with Gasteiger partial charge in [0.05, 0.1) is 55.9 Å². The molecule has 0 aliphatic heterocycles. The summed E-state index contributed by atoms with van der Waals surface area (Å²) in [6, 6.07) is -5.25. The van der Waals surface area contributed by atoms with Crippen molar-refractivity contribution in [1.82, 2.24) is 21.3 Å². The number of nitrogens with one attached hydrogen (secondary N) is 4. The first-order valence-electron chi connectivity index (χ1n) is 19.8. The lowest BCUT2D eigenvalue weighted by Gasteiger charge is -2.29. The summed E-state index contributed by atoms with van der Waals surface area (Å²) in [6.07, 6.45) is -3.42. The Hall–Kier alpha value is -4.57. The summed E-state index contributed by atoms with van der Waals surface area (Å²) in [5.41, 5.74) is 16.8. The highest BCUT2D eigenvalue weighted by Gasteiger charge is 2.37. The summed E-state index contributed by atoms with van der Waals surface area (Å²) in [7, 11) is 0. The molecule has 0 heterocycles. The lowest BCUT2D eigenvalue weighted by Crippen LogP contribution is -2.55. The molecule has 21 heteroatoms. The average Bonchev–Trinajstić information content (AvgIpc) is 3.17. The Balaban J connectivity index is 6.12. The maximum Gasteiger partial charge on any atom is 0.328 e. The Kier molecular flexibility index (Phi) is 25.1. The van der Waals surface area contributed by atoms with Crippen LogP contribution in [-0.2, 0) is 38.4 Å². The molecule has 0 bridgehead atoms. The fourth-order valence-electron chi connectivity index (χ4n) is 5.93. The summed E-state index contributed by atoms with van der Waals surface area (Å²) < 4.78 is 0. The normalized spacial score (nSPS) is 16.5. The maximum atomic E-state index is 13.9. The van der Waals surface area contributed by atoms with Gasteiger partial charge in [-0.3, -0.25) is 38.6 Å².